The third kappa shape index (κ3) is 2.88. The molecular formula is C13H10F12O2. The molecule has 0 aromatic carbocycles. The number of rotatable bonds is 2. The van der Waals surface area contributed by atoms with Crippen molar-refractivity contribution < 1.29 is 62.2 Å². The fourth-order valence-electron chi connectivity index (χ4n) is 4.52. The van der Waals surface area contributed by atoms with Gasteiger partial charge in [0.05, 0.1) is 12.2 Å². The molecule has 14 heteroatoms. The van der Waals surface area contributed by atoms with Crippen LogP contribution in [-0.4, -0.2) is 48.6 Å². The van der Waals surface area contributed by atoms with Crippen molar-refractivity contribution in [1.29, 1.82) is 0 Å². The van der Waals surface area contributed by atoms with Gasteiger partial charge in [-0.1, -0.05) is 0 Å². The first-order valence-electron chi connectivity index (χ1n) is 7.51. The second-order valence-corrected chi connectivity index (χ2v) is 6.87. The molecule has 2 saturated carbocycles. The molecule has 2 bridgehead atoms. The van der Waals surface area contributed by atoms with E-state index in [2.05, 4.69) is 9.47 Å². The van der Waals surface area contributed by atoms with E-state index in [1.807, 2.05) is 0 Å². The topological polar surface area (TPSA) is 18.5 Å². The van der Waals surface area contributed by atoms with Crippen LogP contribution in [-0.2, 0) is 9.47 Å². The van der Waals surface area contributed by atoms with Crippen LogP contribution in [0.3, 0.4) is 0 Å². The maximum atomic E-state index is 13.1. The summed E-state index contributed by atoms with van der Waals surface area (Å²) in [6, 6.07) is 0. The summed E-state index contributed by atoms with van der Waals surface area (Å²) in [6.45, 7) is 0. The Labute approximate surface area is 142 Å². The summed E-state index contributed by atoms with van der Waals surface area (Å²) in [6.07, 6.45) is -32.5. The zero-order valence-corrected chi connectivity index (χ0v) is 12.7. The predicted octanol–water partition coefficient (Wildman–Crippen LogP) is 4.78. The van der Waals surface area contributed by atoms with Crippen molar-refractivity contribution in [2.45, 2.75) is 61.5 Å². The van der Waals surface area contributed by atoms with Crippen LogP contribution in [0.25, 0.3) is 0 Å². The molecule has 0 radical (unpaired) electrons. The van der Waals surface area contributed by atoms with Crippen LogP contribution in [0.5, 0.6) is 0 Å². The van der Waals surface area contributed by atoms with Crippen molar-refractivity contribution in [3.05, 3.63) is 0 Å². The smallest absolute Gasteiger partial charge is 0.357 e. The van der Waals surface area contributed by atoms with Crippen molar-refractivity contribution >= 4 is 0 Å². The molecule has 3 unspecified atom stereocenters. The van der Waals surface area contributed by atoms with E-state index >= 15 is 0 Å². The van der Waals surface area contributed by atoms with Gasteiger partial charge in [-0.25, -0.2) is 0 Å². The number of alkyl halides is 12. The molecule has 0 amide bonds. The molecule has 0 aromatic heterocycles. The second kappa shape index (κ2) is 5.57. The summed E-state index contributed by atoms with van der Waals surface area (Å²) in [4.78, 5) is 0. The van der Waals surface area contributed by atoms with E-state index < -0.39 is 79.2 Å². The van der Waals surface area contributed by atoms with Crippen molar-refractivity contribution in [2.75, 3.05) is 0 Å². The molecule has 5 atom stereocenters. The molecule has 0 N–H and O–H groups in total. The maximum absolute atomic E-state index is 13.1. The molecule has 3 fully saturated rings. The van der Waals surface area contributed by atoms with Gasteiger partial charge < -0.3 is 9.47 Å². The van der Waals surface area contributed by atoms with Gasteiger partial charge in [0.15, 0.2) is 0 Å². The van der Waals surface area contributed by atoms with E-state index in [0.29, 0.717) is 0 Å². The van der Waals surface area contributed by atoms with Gasteiger partial charge in [0, 0.05) is 5.92 Å². The lowest BCUT2D eigenvalue weighted by Gasteiger charge is -2.58. The van der Waals surface area contributed by atoms with E-state index in [0.717, 1.165) is 0 Å². The Morgan fingerprint density at radius 1 is 0.778 bits per heavy atom. The Morgan fingerprint density at radius 2 is 1.26 bits per heavy atom. The van der Waals surface area contributed by atoms with Crippen LogP contribution in [0.4, 0.5) is 52.7 Å². The normalized spacial score (nSPS) is 36.1. The highest BCUT2D eigenvalue weighted by Crippen LogP contribution is 2.69. The van der Waals surface area contributed by atoms with E-state index in [4.69, 9.17) is 0 Å². The highest BCUT2D eigenvalue weighted by molar-refractivity contribution is 5.21. The van der Waals surface area contributed by atoms with Crippen LogP contribution >= 0.6 is 0 Å². The van der Waals surface area contributed by atoms with Crippen LogP contribution in [0.2, 0.25) is 0 Å². The van der Waals surface area contributed by atoms with Crippen molar-refractivity contribution in [1.82, 2.24) is 0 Å². The Bertz CT molecular complexity index is 558. The number of halogens is 12. The Hall–Kier alpha value is -0.920. The van der Waals surface area contributed by atoms with Gasteiger partial charge in [-0.3, -0.25) is 0 Å². The third-order valence-corrected chi connectivity index (χ3v) is 5.41. The summed E-state index contributed by atoms with van der Waals surface area (Å²) in [5.74, 6) is -5.17. The monoisotopic (exact) mass is 426 g/mol. The quantitative estimate of drug-likeness (QED) is 0.592. The van der Waals surface area contributed by atoms with Crippen LogP contribution < -0.4 is 0 Å². The molecule has 1 aliphatic heterocycles. The van der Waals surface area contributed by atoms with Crippen molar-refractivity contribution in [2.24, 2.45) is 17.8 Å². The molecule has 2 nitrogen and oxygen atoms in total. The van der Waals surface area contributed by atoms with Crippen molar-refractivity contribution in [3.63, 3.8) is 0 Å². The van der Waals surface area contributed by atoms with E-state index in [1.165, 1.54) is 0 Å². The van der Waals surface area contributed by atoms with E-state index in [-0.39, 0.29) is 0 Å². The van der Waals surface area contributed by atoms with Gasteiger partial charge in [0.2, 0.25) is 6.10 Å². The first-order chi connectivity index (χ1) is 11.9. The minimum Gasteiger partial charge on any atom is -0.357 e. The fraction of sp³-hybridized carbons (Fsp3) is 1.00. The van der Waals surface area contributed by atoms with E-state index in [1.54, 1.807) is 0 Å². The zero-order chi connectivity index (χ0) is 20.8. The third-order valence-electron chi connectivity index (χ3n) is 5.41. The highest BCUT2D eigenvalue weighted by Gasteiger charge is 2.87. The van der Waals surface area contributed by atoms with Gasteiger partial charge in [-0.2, -0.15) is 52.7 Å². The first-order valence-corrected chi connectivity index (χ1v) is 7.51. The zero-order valence-electron chi connectivity index (χ0n) is 12.7. The Balaban J connectivity index is 1.89. The van der Waals surface area contributed by atoms with Crippen LogP contribution in [0, 0.1) is 17.8 Å². The summed E-state index contributed by atoms with van der Waals surface area (Å²) >= 11 is 0. The number of hydrogen-bond donors (Lipinski definition) is 0. The summed E-state index contributed by atoms with van der Waals surface area (Å²) in [5, 5.41) is 0. The molecule has 27 heavy (non-hydrogen) atoms. The number of fused-ring (bicyclic) bond motifs is 5. The largest absolute Gasteiger partial charge is 0.426 e. The van der Waals surface area contributed by atoms with Crippen molar-refractivity contribution in [3.8, 4) is 0 Å². The molecule has 0 aromatic rings. The molecular weight excluding hydrogens is 416 g/mol. The average molecular weight is 426 g/mol. The Kier molecular flexibility index (Phi) is 4.29. The van der Waals surface area contributed by atoms with Gasteiger partial charge >= 0.3 is 24.7 Å². The second-order valence-electron chi connectivity index (χ2n) is 6.87. The number of ether oxygens (including phenoxy) is 2. The molecule has 158 valence electrons. The van der Waals surface area contributed by atoms with Gasteiger partial charge in [0.1, 0.15) is 0 Å². The Morgan fingerprint density at radius 3 is 1.67 bits per heavy atom. The lowest BCUT2D eigenvalue weighted by Crippen LogP contribution is -2.77. The van der Waals surface area contributed by atoms with Gasteiger partial charge in [-0.05, 0) is 24.7 Å². The SMILES string of the molecule is FC(F)(F)C(OC1C[C@@H]2C[C@H]1C1C2OC1(C(F)(F)F)C(F)(F)F)C(F)(F)F. The molecule has 2 aliphatic carbocycles. The minimum absolute atomic E-state index is 0.434. The summed E-state index contributed by atoms with van der Waals surface area (Å²) < 4.78 is 163. The van der Waals surface area contributed by atoms with E-state index in [9.17, 15) is 52.7 Å². The van der Waals surface area contributed by atoms with Gasteiger partial charge in [0.25, 0.3) is 5.60 Å². The predicted molar refractivity (Wildman–Crippen MR) is 60.2 cm³/mol. The standard InChI is InChI=1S/C13H10F12O2/c14-10(15,16)8(11(17,18)19)26-5-2-3-1-4(5)6-7(3)27-9(6,12(20,21)22)13(23,24)25/h3-8H,1-2H2/t3-,4+,5?,6?,7?/m0/s1. The highest BCUT2D eigenvalue weighted by atomic mass is 19.4. The van der Waals surface area contributed by atoms with Gasteiger partial charge in [-0.15, -0.1) is 0 Å². The maximum Gasteiger partial charge on any atom is 0.426 e. The van der Waals surface area contributed by atoms with Crippen LogP contribution in [0.15, 0.2) is 0 Å². The minimum atomic E-state index is -5.94. The summed E-state index contributed by atoms with van der Waals surface area (Å²) in [5.41, 5.74) is -4.61. The lowest BCUT2D eigenvalue weighted by molar-refractivity contribution is -0.475. The lowest BCUT2D eigenvalue weighted by atomic mass is 9.67. The molecule has 1 saturated heterocycles. The number of hydrogen-bond acceptors (Lipinski definition) is 2. The fourth-order valence-corrected chi connectivity index (χ4v) is 4.52. The first kappa shape index (κ1) is 20.8. The summed E-state index contributed by atoms with van der Waals surface area (Å²) in [7, 11) is 0. The molecule has 3 rings (SSSR count). The molecule has 0 spiro atoms. The van der Waals surface area contributed by atoms with Crippen LogP contribution in [0.1, 0.15) is 12.8 Å². The molecule has 3 aliphatic rings. The molecule has 1 heterocycles. The average Bonchev–Trinajstić information content (AvgIpc) is 2.82.